The Labute approximate surface area is 196 Å². The van der Waals surface area contributed by atoms with E-state index in [-0.39, 0.29) is 23.6 Å². The number of carboxylic acids is 2. The lowest BCUT2D eigenvalue weighted by atomic mass is 9.97. The van der Waals surface area contributed by atoms with Gasteiger partial charge in [-0.15, -0.1) is 0 Å². The van der Waals surface area contributed by atoms with Crippen LogP contribution in [0.4, 0.5) is 0 Å². The molecule has 7 nitrogen and oxygen atoms in total. The minimum Gasteiger partial charge on any atom is -0.480 e. The van der Waals surface area contributed by atoms with Gasteiger partial charge in [0.25, 0.3) is 5.91 Å². The molecule has 1 unspecified atom stereocenters. The molecule has 3 aromatic rings. The fourth-order valence-electron chi connectivity index (χ4n) is 3.40. The van der Waals surface area contributed by atoms with Crippen LogP contribution in [-0.4, -0.2) is 40.6 Å². The Bertz CT molecular complexity index is 1150. The third-order valence-electron chi connectivity index (χ3n) is 5.04. The molecule has 0 spiro atoms. The summed E-state index contributed by atoms with van der Waals surface area (Å²) in [5.41, 5.74) is 3.77. The Morgan fingerprint density at radius 1 is 0.879 bits per heavy atom. The molecule has 1 atom stereocenters. The normalized spacial score (nSPS) is 11.5. The maximum Gasteiger partial charge on any atom is 0.326 e. The largest absolute Gasteiger partial charge is 0.480 e. The van der Waals surface area contributed by atoms with Crippen LogP contribution in [0.25, 0.3) is 11.1 Å². The summed E-state index contributed by atoms with van der Waals surface area (Å²) in [6.45, 7) is 0.267. The van der Waals surface area contributed by atoms with Gasteiger partial charge in [0.15, 0.2) is 0 Å². The molecule has 0 aliphatic rings. The van der Waals surface area contributed by atoms with E-state index in [1.807, 2.05) is 48.5 Å². The van der Waals surface area contributed by atoms with E-state index in [0.717, 1.165) is 22.3 Å². The van der Waals surface area contributed by atoms with Gasteiger partial charge in [0.2, 0.25) is 0 Å². The van der Waals surface area contributed by atoms with E-state index in [0.29, 0.717) is 6.54 Å². The third kappa shape index (κ3) is 6.65. The van der Waals surface area contributed by atoms with Crippen molar-refractivity contribution in [2.75, 3.05) is 6.54 Å². The van der Waals surface area contributed by atoms with Gasteiger partial charge < -0.3 is 20.8 Å². The Balaban J connectivity index is 1.72. The zero-order chi connectivity index (χ0) is 23.8. The molecule has 0 aliphatic carbocycles. The lowest BCUT2D eigenvalue weighted by Crippen LogP contribution is -2.42. The van der Waals surface area contributed by atoms with Crippen LogP contribution < -0.4 is 10.6 Å². The van der Waals surface area contributed by atoms with E-state index in [2.05, 4.69) is 10.6 Å². The first-order valence-corrected chi connectivity index (χ1v) is 10.6. The Morgan fingerprint density at radius 2 is 1.55 bits per heavy atom. The monoisotopic (exact) mass is 466 g/mol. The van der Waals surface area contributed by atoms with Crippen molar-refractivity contribution in [2.24, 2.45) is 0 Å². The highest BCUT2D eigenvalue weighted by Crippen LogP contribution is 2.24. The van der Waals surface area contributed by atoms with Gasteiger partial charge in [-0.2, -0.15) is 0 Å². The molecule has 0 radical (unpaired) electrons. The minimum atomic E-state index is -1.14. The van der Waals surface area contributed by atoms with E-state index < -0.39 is 23.9 Å². The fraction of sp³-hybridized carbons (Fsp3) is 0.160. The van der Waals surface area contributed by atoms with Gasteiger partial charge in [0.05, 0.1) is 17.1 Å². The smallest absolute Gasteiger partial charge is 0.326 e. The van der Waals surface area contributed by atoms with E-state index in [4.69, 9.17) is 16.7 Å². The average molecular weight is 467 g/mol. The third-order valence-corrected chi connectivity index (χ3v) is 5.37. The number of halogens is 1. The number of hydrogen-bond donors (Lipinski definition) is 4. The molecule has 0 heterocycles. The molecule has 170 valence electrons. The van der Waals surface area contributed by atoms with Gasteiger partial charge in [0.1, 0.15) is 6.04 Å². The van der Waals surface area contributed by atoms with Crippen LogP contribution in [0, 0.1) is 0 Å². The van der Waals surface area contributed by atoms with Crippen molar-refractivity contribution < 1.29 is 24.6 Å². The van der Waals surface area contributed by atoms with Crippen molar-refractivity contribution in [3.63, 3.8) is 0 Å². The van der Waals surface area contributed by atoms with E-state index >= 15 is 0 Å². The number of carboxylic acid groups (broad SMARTS) is 2. The summed E-state index contributed by atoms with van der Waals surface area (Å²) >= 11 is 6.04. The first-order chi connectivity index (χ1) is 15.8. The Morgan fingerprint density at radius 3 is 2.21 bits per heavy atom. The second-order valence-corrected chi connectivity index (χ2v) is 7.81. The number of aliphatic carboxylic acids is 2. The number of nitrogens with one attached hydrogen (secondary N) is 2. The quantitative estimate of drug-likeness (QED) is 0.363. The van der Waals surface area contributed by atoms with Crippen molar-refractivity contribution >= 4 is 29.4 Å². The number of carbonyl (C=O) groups is 3. The van der Waals surface area contributed by atoms with Gasteiger partial charge >= 0.3 is 11.9 Å². The van der Waals surface area contributed by atoms with Gasteiger partial charge in [-0.3, -0.25) is 9.59 Å². The van der Waals surface area contributed by atoms with E-state index in [1.165, 1.54) is 6.07 Å². The molecule has 0 fully saturated rings. The first-order valence-electron chi connectivity index (χ1n) is 10.2. The standard InChI is InChI=1S/C25H23ClN2O5/c26-21-8-4-3-7-20(21)24(31)28-22(25(32)33)13-16-9-11-17(12-10-16)19-6-2-1-5-18(19)14-27-15-23(29)30/h1-12,22,27H,13-15H2,(H,28,31)(H,29,30)(H,32,33). The second-order valence-electron chi connectivity index (χ2n) is 7.40. The van der Waals surface area contributed by atoms with Crippen molar-refractivity contribution in [1.29, 1.82) is 0 Å². The summed E-state index contributed by atoms with van der Waals surface area (Å²) in [4.78, 5) is 35.0. The summed E-state index contributed by atoms with van der Waals surface area (Å²) in [6, 6.07) is 20.4. The number of amides is 1. The fourth-order valence-corrected chi connectivity index (χ4v) is 3.62. The van der Waals surface area contributed by atoms with Crippen molar-refractivity contribution in [2.45, 2.75) is 19.0 Å². The molecular formula is C25H23ClN2O5. The Hall–Kier alpha value is -3.68. The number of hydrogen-bond acceptors (Lipinski definition) is 4. The summed E-state index contributed by atoms with van der Waals surface area (Å²) in [5.74, 6) is -2.62. The summed E-state index contributed by atoms with van der Waals surface area (Å²) in [7, 11) is 0. The molecule has 33 heavy (non-hydrogen) atoms. The zero-order valence-electron chi connectivity index (χ0n) is 17.6. The van der Waals surface area contributed by atoms with Crippen LogP contribution in [0.3, 0.4) is 0 Å². The lowest BCUT2D eigenvalue weighted by Gasteiger charge is -2.16. The maximum atomic E-state index is 12.5. The molecular weight excluding hydrogens is 444 g/mol. The molecule has 0 aliphatic heterocycles. The second kappa shape index (κ2) is 11.3. The van der Waals surface area contributed by atoms with Crippen LogP contribution in [0.2, 0.25) is 5.02 Å². The molecule has 3 rings (SSSR count). The molecule has 3 aromatic carbocycles. The predicted molar refractivity (Wildman–Crippen MR) is 125 cm³/mol. The molecule has 8 heteroatoms. The molecule has 0 saturated carbocycles. The predicted octanol–water partition coefficient (Wildman–Crippen LogP) is 3.61. The summed E-state index contributed by atoms with van der Waals surface area (Å²) in [5, 5.41) is 24.1. The van der Waals surface area contributed by atoms with Crippen LogP contribution >= 0.6 is 11.6 Å². The highest BCUT2D eigenvalue weighted by molar-refractivity contribution is 6.33. The van der Waals surface area contributed by atoms with Gasteiger partial charge in [-0.1, -0.05) is 72.3 Å². The zero-order valence-corrected chi connectivity index (χ0v) is 18.4. The highest BCUT2D eigenvalue weighted by Gasteiger charge is 2.22. The molecule has 0 aromatic heterocycles. The number of carbonyl (C=O) groups excluding carboxylic acids is 1. The SMILES string of the molecule is O=C(O)CNCc1ccccc1-c1ccc(CC(NC(=O)c2ccccc2Cl)C(=O)O)cc1. The van der Waals surface area contributed by atoms with E-state index in [1.54, 1.807) is 18.2 Å². The lowest BCUT2D eigenvalue weighted by molar-refractivity contribution is -0.139. The number of benzene rings is 3. The topological polar surface area (TPSA) is 116 Å². The Kier molecular flexibility index (Phi) is 8.18. The van der Waals surface area contributed by atoms with Crippen LogP contribution in [0.1, 0.15) is 21.5 Å². The van der Waals surface area contributed by atoms with Gasteiger partial charge in [-0.25, -0.2) is 4.79 Å². The van der Waals surface area contributed by atoms with Crippen LogP contribution in [-0.2, 0) is 22.6 Å². The van der Waals surface area contributed by atoms with E-state index in [9.17, 15) is 19.5 Å². The first kappa shape index (κ1) is 24.0. The van der Waals surface area contributed by atoms with Crippen molar-refractivity contribution in [3.05, 3.63) is 94.5 Å². The summed E-state index contributed by atoms with van der Waals surface area (Å²) < 4.78 is 0. The van der Waals surface area contributed by atoms with Gasteiger partial charge in [0, 0.05) is 13.0 Å². The minimum absolute atomic E-state index is 0.105. The maximum absolute atomic E-state index is 12.5. The molecule has 4 N–H and O–H groups in total. The molecule has 0 bridgehead atoms. The average Bonchev–Trinajstić information content (AvgIpc) is 2.79. The van der Waals surface area contributed by atoms with Crippen LogP contribution in [0.15, 0.2) is 72.8 Å². The van der Waals surface area contributed by atoms with Crippen molar-refractivity contribution in [1.82, 2.24) is 10.6 Å². The van der Waals surface area contributed by atoms with Crippen LogP contribution in [0.5, 0.6) is 0 Å². The van der Waals surface area contributed by atoms with Gasteiger partial charge in [-0.05, 0) is 34.4 Å². The van der Waals surface area contributed by atoms with Crippen molar-refractivity contribution in [3.8, 4) is 11.1 Å². The molecule has 1 amide bonds. The highest BCUT2D eigenvalue weighted by atomic mass is 35.5. The molecule has 0 saturated heterocycles. The summed E-state index contributed by atoms with van der Waals surface area (Å²) in [6.07, 6.45) is 0.105. The number of rotatable bonds is 10.